The third-order valence-corrected chi connectivity index (χ3v) is 4.59. The van der Waals surface area contributed by atoms with Gasteiger partial charge in [-0.05, 0) is 23.3 Å². The number of para-hydroxylation sites is 1. The number of rotatable bonds is 7. The van der Waals surface area contributed by atoms with E-state index in [1.54, 1.807) is 11.0 Å². The van der Waals surface area contributed by atoms with Gasteiger partial charge in [-0.25, -0.2) is 9.97 Å². The molecular formula is C25H21N3O2. The highest BCUT2D eigenvalue weighted by Crippen LogP contribution is 2.20. The molecule has 148 valence electrons. The van der Waals surface area contributed by atoms with E-state index < -0.39 is 0 Å². The Kier molecular flexibility index (Phi) is 6.11. The molecule has 30 heavy (non-hydrogen) atoms. The Bertz CT molecular complexity index is 1090. The Labute approximate surface area is 175 Å². The largest absolute Gasteiger partial charge is 0.473 e. The first-order valence-electron chi connectivity index (χ1n) is 9.69. The molecular weight excluding hydrogens is 374 g/mol. The lowest BCUT2D eigenvalue weighted by atomic mass is 10.2. The monoisotopic (exact) mass is 395 g/mol. The molecule has 0 radical (unpaired) electrons. The summed E-state index contributed by atoms with van der Waals surface area (Å²) in [5, 5.41) is 0. The van der Waals surface area contributed by atoms with Gasteiger partial charge in [-0.3, -0.25) is 4.79 Å². The van der Waals surface area contributed by atoms with Crippen molar-refractivity contribution in [3.63, 3.8) is 0 Å². The fraction of sp³-hybridized carbons (Fsp3) is 0.0800. The second-order valence-electron chi connectivity index (χ2n) is 6.73. The van der Waals surface area contributed by atoms with Crippen LogP contribution in [0.5, 0.6) is 5.88 Å². The first kappa shape index (κ1) is 19.3. The van der Waals surface area contributed by atoms with Gasteiger partial charge in [0.25, 0.3) is 5.91 Å². The third kappa shape index (κ3) is 4.89. The molecule has 1 aromatic heterocycles. The molecule has 0 aliphatic rings. The van der Waals surface area contributed by atoms with Crippen molar-refractivity contribution in [3.8, 4) is 5.88 Å². The highest BCUT2D eigenvalue weighted by atomic mass is 16.5. The van der Waals surface area contributed by atoms with Gasteiger partial charge < -0.3 is 9.64 Å². The van der Waals surface area contributed by atoms with Gasteiger partial charge in [0.15, 0.2) is 0 Å². The van der Waals surface area contributed by atoms with Crippen LogP contribution < -0.4 is 9.64 Å². The smallest absolute Gasteiger partial charge is 0.277 e. The summed E-state index contributed by atoms with van der Waals surface area (Å²) in [6, 6.07) is 30.9. The molecule has 5 heteroatoms. The first-order valence-corrected chi connectivity index (χ1v) is 9.69. The van der Waals surface area contributed by atoms with Crippen LogP contribution in [0.15, 0.2) is 103 Å². The molecule has 0 aliphatic heterocycles. The van der Waals surface area contributed by atoms with Gasteiger partial charge in [-0.1, -0.05) is 78.9 Å². The van der Waals surface area contributed by atoms with Gasteiger partial charge in [0.2, 0.25) is 5.88 Å². The summed E-state index contributed by atoms with van der Waals surface area (Å²) in [6.07, 6.45) is 1.36. The highest BCUT2D eigenvalue weighted by Gasteiger charge is 2.20. The molecule has 0 unspecified atom stereocenters. The van der Waals surface area contributed by atoms with Crippen LogP contribution in [0.3, 0.4) is 0 Å². The Balaban J connectivity index is 1.56. The van der Waals surface area contributed by atoms with Crippen LogP contribution in [-0.2, 0) is 13.2 Å². The highest BCUT2D eigenvalue weighted by molar-refractivity contribution is 6.04. The van der Waals surface area contributed by atoms with E-state index in [1.807, 2.05) is 91.0 Å². The molecule has 5 nitrogen and oxygen atoms in total. The van der Waals surface area contributed by atoms with Crippen LogP contribution >= 0.6 is 0 Å². The van der Waals surface area contributed by atoms with Crippen molar-refractivity contribution < 1.29 is 9.53 Å². The van der Waals surface area contributed by atoms with E-state index in [-0.39, 0.29) is 11.6 Å². The van der Waals surface area contributed by atoms with Crippen LogP contribution in [0.1, 0.15) is 21.6 Å². The predicted molar refractivity (Wildman–Crippen MR) is 116 cm³/mol. The minimum absolute atomic E-state index is 0.211. The molecule has 1 heterocycles. The Hall–Kier alpha value is -3.99. The normalized spacial score (nSPS) is 10.4. The topological polar surface area (TPSA) is 55.3 Å². The quantitative estimate of drug-likeness (QED) is 0.446. The molecule has 0 fully saturated rings. The average Bonchev–Trinajstić information content (AvgIpc) is 2.83. The number of carbonyl (C=O) groups is 1. The Morgan fingerprint density at radius 2 is 1.37 bits per heavy atom. The van der Waals surface area contributed by atoms with E-state index in [4.69, 9.17) is 4.74 Å². The van der Waals surface area contributed by atoms with E-state index in [1.165, 1.54) is 6.33 Å². The second-order valence-corrected chi connectivity index (χ2v) is 6.73. The van der Waals surface area contributed by atoms with E-state index in [0.717, 1.165) is 16.8 Å². The maximum Gasteiger partial charge on any atom is 0.277 e. The van der Waals surface area contributed by atoms with Gasteiger partial charge in [-0.2, -0.15) is 0 Å². The fourth-order valence-corrected chi connectivity index (χ4v) is 3.06. The summed E-state index contributed by atoms with van der Waals surface area (Å²) in [7, 11) is 0. The molecule has 0 N–H and O–H groups in total. The van der Waals surface area contributed by atoms with Crippen molar-refractivity contribution in [3.05, 3.63) is 120 Å². The number of ether oxygens (including phenoxy) is 1. The molecule has 0 aliphatic carbocycles. The van der Waals surface area contributed by atoms with Gasteiger partial charge in [0, 0.05) is 11.8 Å². The summed E-state index contributed by atoms with van der Waals surface area (Å²) in [5.41, 5.74) is 3.15. The zero-order valence-electron chi connectivity index (χ0n) is 16.4. The maximum atomic E-state index is 13.4. The van der Waals surface area contributed by atoms with Crippen LogP contribution in [0, 0.1) is 0 Å². The van der Waals surface area contributed by atoms with Crippen LogP contribution in [-0.4, -0.2) is 15.9 Å². The van der Waals surface area contributed by atoms with Crippen molar-refractivity contribution in [2.24, 2.45) is 0 Å². The number of anilines is 1. The molecule has 1 amide bonds. The van der Waals surface area contributed by atoms with Crippen LogP contribution in [0.4, 0.5) is 5.69 Å². The van der Waals surface area contributed by atoms with Gasteiger partial charge >= 0.3 is 0 Å². The van der Waals surface area contributed by atoms with E-state index in [9.17, 15) is 4.79 Å². The third-order valence-electron chi connectivity index (χ3n) is 4.59. The Morgan fingerprint density at radius 3 is 2.03 bits per heavy atom. The average molecular weight is 395 g/mol. The lowest BCUT2D eigenvalue weighted by Gasteiger charge is -2.22. The number of benzene rings is 3. The van der Waals surface area contributed by atoms with Crippen LogP contribution in [0.25, 0.3) is 0 Å². The van der Waals surface area contributed by atoms with Crippen molar-refractivity contribution in [2.75, 3.05) is 4.90 Å². The van der Waals surface area contributed by atoms with Crippen molar-refractivity contribution in [1.29, 1.82) is 0 Å². The second kappa shape index (κ2) is 9.47. The van der Waals surface area contributed by atoms with Gasteiger partial charge in [0.05, 0.1) is 6.54 Å². The maximum absolute atomic E-state index is 13.4. The number of hydrogen-bond acceptors (Lipinski definition) is 4. The van der Waals surface area contributed by atoms with Crippen molar-refractivity contribution >= 4 is 11.6 Å². The van der Waals surface area contributed by atoms with Gasteiger partial charge in [-0.15, -0.1) is 0 Å². The zero-order chi connectivity index (χ0) is 20.6. The standard InChI is InChI=1S/C25H21N3O2/c29-25(23-16-24(27-19-26-23)30-18-21-12-6-2-7-13-21)28(22-14-8-3-9-15-22)17-20-10-4-1-5-11-20/h1-16,19H,17-18H2. The predicted octanol–water partition coefficient (Wildman–Crippen LogP) is 4.90. The number of aromatic nitrogens is 2. The van der Waals surface area contributed by atoms with Crippen molar-refractivity contribution in [1.82, 2.24) is 9.97 Å². The SMILES string of the molecule is O=C(c1cc(OCc2ccccc2)ncn1)N(Cc1ccccc1)c1ccccc1. The zero-order valence-corrected chi connectivity index (χ0v) is 16.4. The molecule has 0 atom stereocenters. The van der Waals surface area contributed by atoms with E-state index in [0.29, 0.717) is 19.0 Å². The number of nitrogens with zero attached hydrogens (tertiary/aromatic N) is 3. The number of carbonyl (C=O) groups excluding carboxylic acids is 1. The molecule has 4 aromatic rings. The molecule has 3 aromatic carbocycles. The first-order chi connectivity index (χ1) is 14.8. The molecule has 0 bridgehead atoms. The Morgan fingerprint density at radius 1 is 0.767 bits per heavy atom. The molecule has 0 spiro atoms. The number of hydrogen-bond donors (Lipinski definition) is 0. The van der Waals surface area contributed by atoms with E-state index >= 15 is 0 Å². The molecule has 0 saturated heterocycles. The summed E-state index contributed by atoms with van der Waals surface area (Å²) >= 11 is 0. The minimum Gasteiger partial charge on any atom is -0.473 e. The lowest BCUT2D eigenvalue weighted by Crippen LogP contribution is -2.31. The summed E-state index contributed by atoms with van der Waals surface area (Å²) < 4.78 is 5.76. The summed E-state index contributed by atoms with van der Waals surface area (Å²) in [4.78, 5) is 23.4. The summed E-state index contributed by atoms with van der Waals surface area (Å²) in [5.74, 6) is 0.155. The molecule has 4 rings (SSSR count). The lowest BCUT2D eigenvalue weighted by molar-refractivity contribution is 0.0979. The fourth-order valence-electron chi connectivity index (χ4n) is 3.06. The summed E-state index contributed by atoms with van der Waals surface area (Å²) in [6.45, 7) is 0.811. The van der Waals surface area contributed by atoms with Gasteiger partial charge in [0.1, 0.15) is 18.6 Å². The minimum atomic E-state index is -0.211. The van der Waals surface area contributed by atoms with Crippen LogP contribution in [0.2, 0.25) is 0 Å². The van der Waals surface area contributed by atoms with Crippen molar-refractivity contribution in [2.45, 2.75) is 13.2 Å². The van der Waals surface area contributed by atoms with E-state index in [2.05, 4.69) is 9.97 Å². The molecule has 0 saturated carbocycles. The number of amides is 1.